The molecule has 0 radical (unpaired) electrons. The molecule has 6 nitrogen and oxygen atoms in total. The van der Waals surface area contributed by atoms with Gasteiger partial charge in [-0.1, -0.05) is 60.2 Å². The number of rotatable bonds is 5. The molecule has 158 valence electrons. The Kier molecular flexibility index (Phi) is 5.82. The van der Waals surface area contributed by atoms with Gasteiger partial charge in [0.1, 0.15) is 5.69 Å². The van der Waals surface area contributed by atoms with Gasteiger partial charge in [-0.15, -0.1) is 0 Å². The number of primary amides is 1. The second-order valence-corrected chi connectivity index (χ2v) is 7.89. The second-order valence-electron chi connectivity index (χ2n) is 7.89. The van der Waals surface area contributed by atoms with Crippen molar-refractivity contribution in [2.75, 3.05) is 19.7 Å². The molecule has 1 aromatic heterocycles. The molecule has 0 saturated carbocycles. The van der Waals surface area contributed by atoms with Crippen LogP contribution < -0.4 is 5.73 Å². The molecule has 4 rings (SSSR count). The summed E-state index contributed by atoms with van der Waals surface area (Å²) in [5.41, 5.74) is 9.19. The van der Waals surface area contributed by atoms with E-state index in [9.17, 15) is 9.59 Å². The Bertz CT molecular complexity index is 1080. The Hall–Kier alpha value is -3.51. The third kappa shape index (κ3) is 4.49. The number of ether oxygens (including phenoxy) is 1. The molecular formula is C25H25N3O3. The van der Waals surface area contributed by atoms with Crippen molar-refractivity contribution in [3.05, 3.63) is 89.7 Å². The van der Waals surface area contributed by atoms with Crippen molar-refractivity contribution in [3.8, 4) is 11.1 Å². The minimum absolute atomic E-state index is 0.0946. The topological polar surface area (TPSA) is 85.5 Å². The molecule has 2 N–H and O–H groups in total. The van der Waals surface area contributed by atoms with Crippen LogP contribution in [0.25, 0.3) is 11.1 Å². The smallest absolute Gasteiger partial charge is 0.272 e. The summed E-state index contributed by atoms with van der Waals surface area (Å²) in [4.78, 5) is 31.0. The summed E-state index contributed by atoms with van der Waals surface area (Å²) in [5, 5.41) is 0. The van der Waals surface area contributed by atoms with Gasteiger partial charge in [0.05, 0.1) is 13.2 Å². The fourth-order valence-corrected chi connectivity index (χ4v) is 3.92. The van der Waals surface area contributed by atoms with Gasteiger partial charge in [-0.05, 0) is 35.7 Å². The lowest BCUT2D eigenvalue weighted by atomic mass is 9.90. The van der Waals surface area contributed by atoms with Gasteiger partial charge in [-0.2, -0.15) is 0 Å². The zero-order valence-electron chi connectivity index (χ0n) is 17.5. The SMILES string of the molecule is Cc1cccc(-c2ccc(CC3(C(N)=O)CN(C(=O)c4ccccn4)CCO3)cc2)c1. The van der Waals surface area contributed by atoms with Gasteiger partial charge < -0.3 is 15.4 Å². The van der Waals surface area contributed by atoms with Gasteiger partial charge in [0.15, 0.2) is 5.60 Å². The Morgan fingerprint density at radius 3 is 2.55 bits per heavy atom. The van der Waals surface area contributed by atoms with Gasteiger partial charge in [0.2, 0.25) is 0 Å². The van der Waals surface area contributed by atoms with Gasteiger partial charge in [0, 0.05) is 19.2 Å². The van der Waals surface area contributed by atoms with E-state index in [2.05, 4.69) is 30.1 Å². The van der Waals surface area contributed by atoms with E-state index in [0.717, 1.165) is 16.7 Å². The second kappa shape index (κ2) is 8.70. The number of benzene rings is 2. The summed E-state index contributed by atoms with van der Waals surface area (Å²) < 4.78 is 5.89. The number of pyridine rings is 1. The molecule has 6 heteroatoms. The van der Waals surface area contributed by atoms with Crippen LogP contribution in [0.3, 0.4) is 0 Å². The van der Waals surface area contributed by atoms with Crippen molar-refractivity contribution in [1.29, 1.82) is 0 Å². The number of carbonyl (C=O) groups excluding carboxylic acids is 2. The molecule has 2 aromatic carbocycles. The largest absolute Gasteiger partial charge is 0.367 e. The van der Waals surface area contributed by atoms with Gasteiger partial charge in [-0.3, -0.25) is 14.6 Å². The lowest BCUT2D eigenvalue weighted by Crippen LogP contribution is -2.61. The number of nitrogens with zero attached hydrogens (tertiary/aromatic N) is 2. The van der Waals surface area contributed by atoms with E-state index in [1.807, 2.05) is 30.3 Å². The van der Waals surface area contributed by atoms with Gasteiger partial charge in [0.25, 0.3) is 11.8 Å². The Balaban J connectivity index is 1.54. The number of aryl methyl sites for hydroxylation is 1. The summed E-state index contributed by atoms with van der Waals surface area (Å²) >= 11 is 0. The van der Waals surface area contributed by atoms with Gasteiger partial charge in [-0.25, -0.2) is 0 Å². The lowest BCUT2D eigenvalue weighted by Gasteiger charge is -2.40. The van der Waals surface area contributed by atoms with Crippen LogP contribution in [0.1, 0.15) is 21.6 Å². The molecule has 3 aromatic rings. The number of carbonyl (C=O) groups is 2. The minimum atomic E-state index is -1.27. The van der Waals surface area contributed by atoms with E-state index >= 15 is 0 Å². The van der Waals surface area contributed by atoms with Crippen molar-refractivity contribution in [1.82, 2.24) is 9.88 Å². The molecule has 2 amide bonds. The highest BCUT2D eigenvalue weighted by Crippen LogP contribution is 2.26. The molecule has 1 aliphatic heterocycles. The van der Waals surface area contributed by atoms with Crippen molar-refractivity contribution in [3.63, 3.8) is 0 Å². The van der Waals surface area contributed by atoms with Crippen molar-refractivity contribution >= 4 is 11.8 Å². The summed E-state index contributed by atoms with van der Waals surface area (Å²) in [6.07, 6.45) is 1.87. The number of nitrogens with two attached hydrogens (primary N) is 1. The molecule has 1 atom stereocenters. The zero-order valence-corrected chi connectivity index (χ0v) is 17.5. The number of morpholine rings is 1. The minimum Gasteiger partial charge on any atom is -0.367 e. The number of amides is 2. The van der Waals surface area contributed by atoms with Crippen LogP contribution in [-0.4, -0.2) is 47.0 Å². The molecule has 1 unspecified atom stereocenters. The van der Waals surface area contributed by atoms with Crippen LogP contribution in [0, 0.1) is 6.92 Å². The first-order valence-electron chi connectivity index (χ1n) is 10.3. The maximum absolute atomic E-state index is 12.8. The maximum atomic E-state index is 12.8. The predicted octanol–water partition coefficient (Wildman–Crippen LogP) is 3.00. The quantitative estimate of drug-likeness (QED) is 0.694. The molecule has 0 spiro atoms. The van der Waals surface area contributed by atoms with E-state index in [-0.39, 0.29) is 19.1 Å². The molecule has 0 aliphatic carbocycles. The molecule has 1 saturated heterocycles. The zero-order chi connectivity index (χ0) is 21.8. The van der Waals surface area contributed by atoms with E-state index < -0.39 is 11.5 Å². The van der Waals surface area contributed by atoms with Crippen LogP contribution >= 0.6 is 0 Å². The first-order valence-corrected chi connectivity index (χ1v) is 10.3. The summed E-state index contributed by atoms with van der Waals surface area (Å²) in [6, 6.07) is 21.5. The molecule has 1 aliphatic rings. The molecule has 1 fully saturated rings. The van der Waals surface area contributed by atoms with Crippen molar-refractivity contribution in [2.24, 2.45) is 5.73 Å². The lowest BCUT2D eigenvalue weighted by molar-refractivity contribution is -0.153. The summed E-state index contributed by atoms with van der Waals surface area (Å²) in [7, 11) is 0. The molecule has 31 heavy (non-hydrogen) atoms. The van der Waals surface area contributed by atoms with Crippen LogP contribution in [0.5, 0.6) is 0 Å². The predicted molar refractivity (Wildman–Crippen MR) is 118 cm³/mol. The molecule has 2 heterocycles. The van der Waals surface area contributed by atoms with Crippen molar-refractivity contribution in [2.45, 2.75) is 18.9 Å². The van der Waals surface area contributed by atoms with Crippen LogP contribution in [-0.2, 0) is 16.0 Å². The molecular weight excluding hydrogens is 390 g/mol. The third-order valence-corrected chi connectivity index (χ3v) is 5.60. The highest BCUT2D eigenvalue weighted by Gasteiger charge is 2.44. The van der Waals surface area contributed by atoms with Crippen molar-refractivity contribution < 1.29 is 14.3 Å². The number of aromatic nitrogens is 1. The van der Waals surface area contributed by atoms with E-state index in [1.54, 1.807) is 29.3 Å². The van der Waals surface area contributed by atoms with E-state index in [1.165, 1.54) is 5.56 Å². The molecule has 0 bridgehead atoms. The fraction of sp³-hybridized carbons (Fsp3) is 0.240. The fourth-order valence-electron chi connectivity index (χ4n) is 3.92. The summed E-state index contributed by atoms with van der Waals surface area (Å²) in [5.74, 6) is -0.807. The highest BCUT2D eigenvalue weighted by atomic mass is 16.5. The monoisotopic (exact) mass is 415 g/mol. The van der Waals surface area contributed by atoms with Crippen LogP contribution in [0.2, 0.25) is 0 Å². The van der Waals surface area contributed by atoms with E-state index in [0.29, 0.717) is 18.7 Å². The summed E-state index contributed by atoms with van der Waals surface area (Å²) in [6.45, 7) is 2.78. The third-order valence-electron chi connectivity index (χ3n) is 5.60. The Morgan fingerprint density at radius 2 is 1.87 bits per heavy atom. The average Bonchev–Trinajstić information content (AvgIpc) is 2.80. The van der Waals surface area contributed by atoms with Gasteiger partial charge >= 0.3 is 0 Å². The van der Waals surface area contributed by atoms with Crippen LogP contribution in [0.4, 0.5) is 0 Å². The normalized spacial score (nSPS) is 18.5. The standard InChI is InChI=1S/C25H25N3O3/c1-18-5-4-6-21(15-18)20-10-8-19(9-11-20)16-25(24(26)30)17-28(13-14-31-25)23(29)22-7-2-3-12-27-22/h2-12,15H,13-14,16-17H2,1H3,(H2,26,30). The maximum Gasteiger partial charge on any atom is 0.272 e. The Labute approximate surface area is 181 Å². The Morgan fingerprint density at radius 1 is 1.06 bits per heavy atom. The first kappa shape index (κ1) is 20.8. The number of hydrogen-bond donors (Lipinski definition) is 1. The average molecular weight is 415 g/mol. The highest BCUT2D eigenvalue weighted by molar-refractivity contribution is 5.93. The number of hydrogen-bond acceptors (Lipinski definition) is 4. The van der Waals surface area contributed by atoms with E-state index in [4.69, 9.17) is 10.5 Å². The van der Waals surface area contributed by atoms with Crippen LogP contribution in [0.15, 0.2) is 72.9 Å². The first-order chi connectivity index (χ1) is 15.0.